The second-order valence-corrected chi connectivity index (χ2v) is 7.21. The van der Waals surface area contributed by atoms with Crippen molar-refractivity contribution in [1.82, 2.24) is 9.97 Å². The highest BCUT2D eigenvalue weighted by molar-refractivity contribution is 5.78. The molecule has 0 radical (unpaired) electrons. The lowest BCUT2D eigenvalue weighted by Crippen LogP contribution is -2.48. The topological polar surface area (TPSA) is 78.2 Å². The van der Waals surface area contributed by atoms with Crippen LogP contribution in [0.1, 0.15) is 25.0 Å². The summed E-state index contributed by atoms with van der Waals surface area (Å²) >= 11 is 0. The van der Waals surface area contributed by atoms with Gasteiger partial charge in [0.15, 0.2) is 0 Å². The second-order valence-electron chi connectivity index (χ2n) is 7.21. The Kier molecular flexibility index (Phi) is 5.62. The third-order valence-corrected chi connectivity index (χ3v) is 4.88. The third kappa shape index (κ3) is 4.28. The summed E-state index contributed by atoms with van der Waals surface area (Å²) in [5.74, 6) is 6.11. The molecule has 0 amide bonds. The summed E-state index contributed by atoms with van der Waals surface area (Å²) in [6, 6.07) is 13.0. The number of aromatic amines is 1. The zero-order chi connectivity index (χ0) is 20.5. The first-order valence-corrected chi connectivity index (χ1v) is 8.99. The lowest BCUT2D eigenvalue weighted by molar-refractivity contribution is -0.137. The van der Waals surface area contributed by atoms with E-state index in [0.29, 0.717) is 11.9 Å². The van der Waals surface area contributed by atoms with Crippen molar-refractivity contribution in [1.29, 1.82) is 0 Å². The van der Waals surface area contributed by atoms with Gasteiger partial charge in [0.05, 0.1) is 16.6 Å². The highest BCUT2D eigenvalue weighted by Crippen LogP contribution is 2.32. The molecule has 2 unspecified atom stereocenters. The number of H-pyrrole nitrogens is 1. The molecule has 2 atom stereocenters. The normalized spacial score (nSPS) is 14.4. The molecule has 0 fully saturated rings. The van der Waals surface area contributed by atoms with Crippen LogP contribution in [0.25, 0.3) is 11.0 Å². The molecule has 5 nitrogen and oxygen atoms in total. The Morgan fingerprint density at radius 2 is 1.82 bits per heavy atom. The van der Waals surface area contributed by atoms with Gasteiger partial charge < -0.3 is 10.1 Å². The van der Waals surface area contributed by atoms with E-state index in [0.717, 1.165) is 22.7 Å². The van der Waals surface area contributed by atoms with Gasteiger partial charge in [-0.15, -0.1) is 0 Å². The molecule has 0 aliphatic heterocycles. The van der Waals surface area contributed by atoms with Crippen molar-refractivity contribution in [3.8, 4) is 0 Å². The van der Waals surface area contributed by atoms with E-state index in [1.54, 1.807) is 0 Å². The van der Waals surface area contributed by atoms with Crippen molar-refractivity contribution >= 4 is 17.0 Å². The van der Waals surface area contributed by atoms with E-state index in [2.05, 4.69) is 9.97 Å². The van der Waals surface area contributed by atoms with Crippen molar-refractivity contribution in [2.75, 3.05) is 5.01 Å². The van der Waals surface area contributed by atoms with Crippen LogP contribution in [-0.4, -0.2) is 21.3 Å². The quantitative estimate of drug-likeness (QED) is 0.335. The molecule has 4 N–H and O–H groups in total. The molecule has 3 rings (SSSR count). The number of nitrogens with two attached hydrogens (primary N) is 1. The summed E-state index contributed by atoms with van der Waals surface area (Å²) < 4.78 is 38.7. The van der Waals surface area contributed by atoms with Crippen LogP contribution in [0, 0.1) is 11.8 Å². The summed E-state index contributed by atoms with van der Waals surface area (Å²) in [6.45, 7) is 3.97. The summed E-state index contributed by atoms with van der Waals surface area (Å²) in [4.78, 5) is 7.00. The monoisotopic (exact) mass is 392 g/mol. The maximum absolute atomic E-state index is 12.9. The molecular weight excluding hydrogens is 369 g/mol. The number of fused-ring (bicyclic) bond motifs is 1. The predicted molar refractivity (Wildman–Crippen MR) is 102 cm³/mol. The van der Waals surface area contributed by atoms with Gasteiger partial charge in [-0.3, -0.25) is 5.01 Å². The molecule has 8 heteroatoms. The Bertz CT molecular complexity index is 924. The van der Waals surface area contributed by atoms with Crippen LogP contribution >= 0.6 is 0 Å². The molecule has 3 aromatic rings. The van der Waals surface area contributed by atoms with Crippen LogP contribution < -0.4 is 10.9 Å². The summed E-state index contributed by atoms with van der Waals surface area (Å²) in [5, 5.41) is 11.9. The molecule has 2 aromatic carbocycles. The number of hydrazine groups is 1. The molecule has 0 aliphatic rings. The molecule has 0 saturated carbocycles. The van der Waals surface area contributed by atoms with Crippen molar-refractivity contribution < 1.29 is 18.3 Å². The Morgan fingerprint density at radius 1 is 1.14 bits per heavy atom. The largest absolute Gasteiger partial charge is 0.416 e. The fraction of sp³-hybridized carbons (Fsp3) is 0.350. The van der Waals surface area contributed by atoms with Gasteiger partial charge in [-0.25, -0.2) is 10.8 Å². The number of rotatable bonds is 6. The van der Waals surface area contributed by atoms with Gasteiger partial charge in [-0.2, -0.15) is 13.2 Å². The van der Waals surface area contributed by atoms with Gasteiger partial charge in [0.2, 0.25) is 5.95 Å². The minimum atomic E-state index is -4.44. The molecular formula is C20H23F3N4O. The average Bonchev–Trinajstić information content (AvgIpc) is 3.08. The molecule has 1 aromatic heterocycles. The summed E-state index contributed by atoms with van der Waals surface area (Å²) in [7, 11) is 0. The number of aromatic nitrogens is 2. The number of benzene rings is 2. The molecule has 150 valence electrons. The van der Waals surface area contributed by atoms with Crippen LogP contribution in [0.15, 0.2) is 48.5 Å². The summed E-state index contributed by atoms with van der Waals surface area (Å²) in [5.41, 5.74) is 0.836. The highest BCUT2D eigenvalue weighted by atomic mass is 19.4. The fourth-order valence-electron chi connectivity index (χ4n) is 3.20. The third-order valence-electron chi connectivity index (χ3n) is 4.88. The number of halogens is 3. The molecule has 1 heterocycles. The number of imidazole rings is 1. The maximum atomic E-state index is 12.9. The van der Waals surface area contributed by atoms with Crippen LogP contribution in [0.3, 0.4) is 0 Å². The van der Waals surface area contributed by atoms with E-state index in [1.807, 2.05) is 44.2 Å². The predicted octanol–water partition coefficient (Wildman–Crippen LogP) is 4.10. The second kappa shape index (κ2) is 7.81. The van der Waals surface area contributed by atoms with Gasteiger partial charge in [0.1, 0.15) is 6.23 Å². The first kappa shape index (κ1) is 20.2. The average molecular weight is 392 g/mol. The van der Waals surface area contributed by atoms with Gasteiger partial charge in [0.25, 0.3) is 0 Å². The fourth-order valence-corrected chi connectivity index (χ4v) is 3.20. The molecule has 0 spiro atoms. The molecule has 28 heavy (non-hydrogen) atoms. The zero-order valence-corrected chi connectivity index (χ0v) is 15.6. The van der Waals surface area contributed by atoms with Gasteiger partial charge >= 0.3 is 6.18 Å². The smallest absolute Gasteiger partial charge is 0.372 e. The Hall–Kier alpha value is -2.58. The van der Waals surface area contributed by atoms with E-state index >= 15 is 0 Å². The number of nitrogens with one attached hydrogen (secondary N) is 1. The number of hydrogen-bond acceptors (Lipinski definition) is 4. The lowest BCUT2D eigenvalue weighted by atomic mass is 9.87. The highest BCUT2D eigenvalue weighted by Gasteiger charge is 2.32. The van der Waals surface area contributed by atoms with Crippen molar-refractivity contribution in [3.05, 3.63) is 59.7 Å². The molecule has 0 saturated heterocycles. The van der Waals surface area contributed by atoms with E-state index in [1.165, 1.54) is 6.07 Å². The molecule has 0 bridgehead atoms. The zero-order valence-electron chi connectivity index (χ0n) is 15.6. The van der Waals surface area contributed by atoms with Crippen molar-refractivity contribution in [3.63, 3.8) is 0 Å². The number of aliphatic hydroxyl groups excluding tert-OH is 1. The number of hydrogen-bond donors (Lipinski definition) is 3. The van der Waals surface area contributed by atoms with E-state index in [-0.39, 0.29) is 23.3 Å². The number of alkyl halides is 3. The van der Waals surface area contributed by atoms with Gasteiger partial charge in [-0.1, -0.05) is 44.2 Å². The maximum Gasteiger partial charge on any atom is 0.416 e. The standard InChI is InChI=1S/C20H23F3N4O/c1-12(2)15(10-13-6-4-3-5-7-13)18(28)27(24)19-25-16-9-8-14(20(21,22)23)11-17(16)26-19/h3-9,11-12,15,18,28H,10,24H2,1-2H3,(H,25,26). The Balaban J connectivity index is 1.85. The van der Waals surface area contributed by atoms with Crippen molar-refractivity contribution in [2.45, 2.75) is 32.7 Å². The van der Waals surface area contributed by atoms with Gasteiger partial charge in [-0.05, 0) is 36.1 Å². The Morgan fingerprint density at radius 3 is 2.43 bits per heavy atom. The van der Waals surface area contributed by atoms with E-state index < -0.39 is 18.0 Å². The lowest BCUT2D eigenvalue weighted by Gasteiger charge is -2.32. The van der Waals surface area contributed by atoms with Gasteiger partial charge in [0, 0.05) is 5.92 Å². The van der Waals surface area contributed by atoms with Crippen LogP contribution in [0.2, 0.25) is 0 Å². The van der Waals surface area contributed by atoms with Crippen LogP contribution in [-0.2, 0) is 12.6 Å². The minimum Gasteiger partial charge on any atom is -0.372 e. The molecule has 0 aliphatic carbocycles. The van der Waals surface area contributed by atoms with Crippen LogP contribution in [0.5, 0.6) is 0 Å². The first-order valence-electron chi connectivity index (χ1n) is 8.99. The van der Waals surface area contributed by atoms with E-state index in [4.69, 9.17) is 5.84 Å². The Labute approximate surface area is 161 Å². The number of aliphatic hydroxyl groups is 1. The van der Waals surface area contributed by atoms with Crippen molar-refractivity contribution in [2.24, 2.45) is 17.7 Å². The number of nitrogens with zero attached hydrogens (tertiary/aromatic N) is 2. The SMILES string of the molecule is CC(C)C(Cc1ccccc1)C(O)N(N)c1nc2ccc(C(F)(F)F)cc2[nH]1. The first-order chi connectivity index (χ1) is 13.2. The van der Waals surface area contributed by atoms with E-state index in [9.17, 15) is 18.3 Å². The minimum absolute atomic E-state index is 0.112. The summed E-state index contributed by atoms with van der Waals surface area (Å²) in [6.07, 6.45) is -4.91. The number of anilines is 1. The van der Waals surface area contributed by atoms with Crippen LogP contribution in [0.4, 0.5) is 19.1 Å².